The summed E-state index contributed by atoms with van der Waals surface area (Å²) in [5.74, 6) is 0. The summed E-state index contributed by atoms with van der Waals surface area (Å²) in [6.45, 7) is 0.736. The summed E-state index contributed by atoms with van der Waals surface area (Å²) in [5.41, 5.74) is 0. The number of methoxy groups -OCH3 is 2. The largest absolute Gasteiger partial charge is 0.453 e. The molecule has 0 radical (unpaired) electrons. The SMILES string of the molecule is COCOCC[C@H]1CCC[C@@H](C=O)N1C(=O)OC. The fourth-order valence-electron chi connectivity index (χ4n) is 2.28. The van der Waals surface area contributed by atoms with Gasteiger partial charge in [0, 0.05) is 13.2 Å². The third-order valence-electron chi connectivity index (χ3n) is 3.13. The average Bonchev–Trinajstić information content (AvgIpc) is 2.42. The summed E-state index contributed by atoms with van der Waals surface area (Å²) in [6.07, 6.45) is 3.57. The van der Waals surface area contributed by atoms with Gasteiger partial charge in [0.15, 0.2) is 0 Å². The summed E-state index contributed by atoms with van der Waals surface area (Å²) in [6, 6.07) is -0.378. The quantitative estimate of drug-likeness (QED) is 0.407. The number of piperidine rings is 1. The minimum Gasteiger partial charge on any atom is -0.453 e. The van der Waals surface area contributed by atoms with Crippen molar-refractivity contribution in [2.75, 3.05) is 27.6 Å². The molecule has 1 aliphatic rings. The molecule has 1 aliphatic heterocycles. The molecule has 104 valence electrons. The highest BCUT2D eigenvalue weighted by atomic mass is 16.7. The van der Waals surface area contributed by atoms with Gasteiger partial charge in [0.05, 0.1) is 19.8 Å². The maximum absolute atomic E-state index is 11.7. The molecule has 18 heavy (non-hydrogen) atoms. The van der Waals surface area contributed by atoms with E-state index in [1.165, 1.54) is 12.0 Å². The third-order valence-corrected chi connectivity index (χ3v) is 3.13. The monoisotopic (exact) mass is 259 g/mol. The first-order valence-electron chi connectivity index (χ1n) is 6.12. The minimum atomic E-state index is -0.441. The molecule has 0 aromatic heterocycles. The lowest BCUT2D eigenvalue weighted by Gasteiger charge is -2.38. The molecule has 0 bridgehead atoms. The van der Waals surface area contributed by atoms with Crippen LogP contribution in [0, 0.1) is 0 Å². The van der Waals surface area contributed by atoms with Crippen LogP contribution in [-0.4, -0.2) is 57.0 Å². The Balaban J connectivity index is 2.55. The number of aldehydes is 1. The summed E-state index contributed by atoms with van der Waals surface area (Å²) in [5, 5.41) is 0. The lowest BCUT2D eigenvalue weighted by Crippen LogP contribution is -2.51. The standard InChI is InChI=1S/C12H21NO5/c1-16-9-18-7-6-10-4-3-5-11(8-14)13(10)12(15)17-2/h8,10-11H,3-7,9H2,1-2H3/t10-,11+/m1/s1. The van der Waals surface area contributed by atoms with Gasteiger partial charge in [0.1, 0.15) is 13.1 Å². The van der Waals surface area contributed by atoms with Crippen LogP contribution in [0.1, 0.15) is 25.7 Å². The molecule has 6 heteroatoms. The summed E-state index contributed by atoms with van der Waals surface area (Å²) < 4.78 is 14.8. The molecule has 1 fully saturated rings. The number of ether oxygens (including phenoxy) is 3. The zero-order valence-electron chi connectivity index (χ0n) is 11.0. The van der Waals surface area contributed by atoms with Crippen LogP contribution < -0.4 is 0 Å². The fourth-order valence-corrected chi connectivity index (χ4v) is 2.28. The molecular formula is C12H21NO5. The van der Waals surface area contributed by atoms with E-state index in [-0.39, 0.29) is 18.9 Å². The molecule has 0 saturated carbocycles. The van der Waals surface area contributed by atoms with E-state index in [2.05, 4.69) is 0 Å². The van der Waals surface area contributed by atoms with Crippen LogP contribution in [0.15, 0.2) is 0 Å². The topological polar surface area (TPSA) is 65.1 Å². The van der Waals surface area contributed by atoms with Gasteiger partial charge in [-0.3, -0.25) is 4.90 Å². The maximum atomic E-state index is 11.7. The maximum Gasteiger partial charge on any atom is 0.410 e. The van der Waals surface area contributed by atoms with Crippen molar-refractivity contribution in [1.29, 1.82) is 0 Å². The molecule has 1 rings (SSSR count). The van der Waals surface area contributed by atoms with E-state index in [1.807, 2.05) is 0 Å². The smallest absolute Gasteiger partial charge is 0.410 e. The van der Waals surface area contributed by atoms with E-state index in [1.54, 1.807) is 7.11 Å². The number of amides is 1. The first-order valence-corrected chi connectivity index (χ1v) is 6.12. The van der Waals surface area contributed by atoms with Crippen molar-refractivity contribution in [2.45, 2.75) is 37.8 Å². The van der Waals surface area contributed by atoms with Crippen LogP contribution in [0.3, 0.4) is 0 Å². The highest BCUT2D eigenvalue weighted by Crippen LogP contribution is 2.24. The van der Waals surface area contributed by atoms with Gasteiger partial charge in [0.2, 0.25) is 0 Å². The van der Waals surface area contributed by atoms with Gasteiger partial charge in [-0.2, -0.15) is 0 Å². The number of carbonyl (C=O) groups is 2. The second-order valence-electron chi connectivity index (χ2n) is 4.27. The summed E-state index contributed by atoms with van der Waals surface area (Å²) in [7, 11) is 2.89. The number of hydrogen-bond donors (Lipinski definition) is 0. The van der Waals surface area contributed by atoms with Crippen LogP contribution in [0.5, 0.6) is 0 Å². The van der Waals surface area contributed by atoms with E-state index in [9.17, 15) is 9.59 Å². The zero-order chi connectivity index (χ0) is 13.4. The van der Waals surface area contributed by atoms with E-state index in [0.29, 0.717) is 19.4 Å². The number of nitrogens with zero attached hydrogens (tertiary/aromatic N) is 1. The lowest BCUT2D eigenvalue weighted by atomic mass is 9.95. The number of likely N-dealkylation sites (tertiary alicyclic amines) is 1. The van der Waals surface area contributed by atoms with Crippen molar-refractivity contribution in [3.05, 3.63) is 0 Å². The highest BCUT2D eigenvalue weighted by molar-refractivity contribution is 5.74. The zero-order valence-corrected chi connectivity index (χ0v) is 11.0. The summed E-state index contributed by atoms with van der Waals surface area (Å²) >= 11 is 0. The Bertz CT molecular complexity index is 271. The van der Waals surface area contributed by atoms with Crippen molar-refractivity contribution < 1.29 is 23.8 Å². The first-order chi connectivity index (χ1) is 8.74. The van der Waals surface area contributed by atoms with E-state index >= 15 is 0 Å². The Labute approximate surface area is 107 Å². The normalized spacial score (nSPS) is 23.8. The molecule has 1 heterocycles. The molecule has 0 aromatic carbocycles. The Morgan fingerprint density at radius 1 is 1.39 bits per heavy atom. The van der Waals surface area contributed by atoms with Crippen molar-refractivity contribution in [1.82, 2.24) is 4.90 Å². The molecule has 0 aromatic rings. The predicted octanol–water partition coefficient (Wildman–Crippen LogP) is 1.19. The molecule has 0 spiro atoms. The first kappa shape index (κ1) is 14.9. The van der Waals surface area contributed by atoms with Gasteiger partial charge in [0.25, 0.3) is 0 Å². The van der Waals surface area contributed by atoms with Crippen molar-refractivity contribution >= 4 is 12.4 Å². The molecule has 1 saturated heterocycles. The third kappa shape index (κ3) is 3.96. The molecular weight excluding hydrogens is 238 g/mol. The van der Waals surface area contributed by atoms with E-state index in [4.69, 9.17) is 14.2 Å². The van der Waals surface area contributed by atoms with Crippen molar-refractivity contribution in [3.63, 3.8) is 0 Å². The van der Waals surface area contributed by atoms with Gasteiger partial charge >= 0.3 is 6.09 Å². The number of hydrogen-bond acceptors (Lipinski definition) is 5. The van der Waals surface area contributed by atoms with E-state index in [0.717, 1.165) is 19.1 Å². The van der Waals surface area contributed by atoms with E-state index < -0.39 is 6.09 Å². The lowest BCUT2D eigenvalue weighted by molar-refractivity contribution is -0.114. The van der Waals surface area contributed by atoms with Gasteiger partial charge in [-0.1, -0.05) is 0 Å². The molecule has 0 aliphatic carbocycles. The molecule has 2 atom stereocenters. The van der Waals surface area contributed by atoms with Gasteiger partial charge < -0.3 is 19.0 Å². The second kappa shape index (κ2) is 8.05. The van der Waals surface area contributed by atoms with Crippen LogP contribution in [0.4, 0.5) is 4.79 Å². The minimum absolute atomic E-state index is 0.00161. The van der Waals surface area contributed by atoms with Crippen molar-refractivity contribution in [2.24, 2.45) is 0 Å². The Morgan fingerprint density at radius 2 is 2.17 bits per heavy atom. The van der Waals surface area contributed by atoms with Gasteiger partial charge in [-0.15, -0.1) is 0 Å². The second-order valence-corrected chi connectivity index (χ2v) is 4.27. The summed E-state index contributed by atoms with van der Waals surface area (Å²) in [4.78, 5) is 24.3. The Hall–Kier alpha value is -1.14. The molecule has 1 amide bonds. The highest BCUT2D eigenvalue weighted by Gasteiger charge is 2.34. The fraction of sp³-hybridized carbons (Fsp3) is 0.833. The average molecular weight is 259 g/mol. The van der Waals surface area contributed by atoms with Crippen LogP contribution in [0.2, 0.25) is 0 Å². The molecule has 0 unspecified atom stereocenters. The Kier molecular flexibility index (Phi) is 6.67. The number of carbonyl (C=O) groups excluding carboxylic acids is 2. The molecule has 6 nitrogen and oxygen atoms in total. The predicted molar refractivity (Wildman–Crippen MR) is 64.2 cm³/mol. The van der Waals surface area contributed by atoms with Crippen LogP contribution in [0.25, 0.3) is 0 Å². The van der Waals surface area contributed by atoms with Gasteiger partial charge in [-0.05, 0) is 25.7 Å². The van der Waals surface area contributed by atoms with Crippen LogP contribution in [-0.2, 0) is 19.0 Å². The van der Waals surface area contributed by atoms with Crippen molar-refractivity contribution in [3.8, 4) is 0 Å². The number of rotatable bonds is 6. The van der Waals surface area contributed by atoms with Gasteiger partial charge in [-0.25, -0.2) is 4.79 Å². The Morgan fingerprint density at radius 3 is 2.78 bits per heavy atom. The molecule has 0 N–H and O–H groups in total. The van der Waals surface area contributed by atoms with Crippen LogP contribution >= 0.6 is 0 Å².